The Morgan fingerprint density at radius 1 is 1.17 bits per heavy atom. The third-order valence-corrected chi connectivity index (χ3v) is 3.31. The summed E-state index contributed by atoms with van der Waals surface area (Å²) >= 11 is 0. The van der Waals surface area contributed by atoms with Gasteiger partial charge in [0.25, 0.3) is 5.91 Å². The lowest BCUT2D eigenvalue weighted by Crippen LogP contribution is -2.22. The van der Waals surface area contributed by atoms with E-state index in [0.717, 1.165) is 5.56 Å². The fourth-order valence-electron chi connectivity index (χ4n) is 2.07. The SMILES string of the molecule is COc1cc(C(=O)NCc2ccc(C(=O)O)o2)cc(OC)c1C. The molecule has 7 nitrogen and oxygen atoms in total. The Morgan fingerprint density at radius 3 is 2.26 bits per heavy atom. The zero-order valence-electron chi connectivity index (χ0n) is 13.0. The van der Waals surface area contributed by atoms with Crippen molar-refractivity contribution in [2.45, 2.75) is 13.5 Å². The largest absolute Gasteiger partial charge is 0.496 e. The van der Waals surface area contributed by atoms with Crippen molar-refractivity contribution >= 4 is 11.9 Å². The van der Waals surface area contributed by atoms with Crippen molar-refractivity contribution in [3.05, 3.63) is 46.9 Å². The van der Waals surface area contributed by atoms with Gasteiger partial charge >= 0.3 is 5.97 Å². The topological polar surface area (TPSA) is 98.0 Å². The molecular weight excluding hydrogens is 302 g/mol. The maximum Gasteiger partial charge on any atom is 0.371 e. The smallest absolute Gasteiger partial charge is 0.371 e. The summed E-state index contributed by atoms with van der Waals surface area (Å²) in [6.45, 7) is 1.90. The minimum absolute atomic E-state index is 0.0740. The number of hydrogen-bond acceptors (Lipinski definition) is 5. The van der Waals surface area contributed by atoms with Crippen LogP contribution in [0.5, 0.6) is 11.5 Å². The number of carboxylic acid groups (broad SMARTS) is 1. The van der Waals surface area contributed by atoms with Crippen molar-refractivity contribution < 1.29 is 28.6 Å². The lowest BCUT2D eigenvalue weighted by Gasteiger charge is -2.12. The van der Waals surface area contributed by atoms with Crippen molar-refractivity contribution in [3.63, 3.8) is 0 Å². The Morgan fingerprint density at radius 2 is 1.78 bits per heavy atom. The van der Waals surface area contributed by atoms with Gasteiger partial charge in [-0.15, -0.1) is 0 Å². The molecular formula is C16H17NO6. The molecule has 0 bridgehead atoms. The molecule has 1 aromatic carbocycles. The molecule has 0 saturated heterocycles. The molecule has 2 aromatic rings. The molecule has 0 atom stereocenters. The monoisotopic (exact) mass is 319 g/mol. The Labute approximate surface area is 132 Å². The number of methoxy groups -OCH3 is 2. The van der Waals surface area contributed by atoms with Gasteiger partial charge in [-0.25, -0.2) is 4.79 Å². The molecule has 2 N–H and O–H groups in total. The van der Waals surface area contributed by atoms with Crippen LogP contribution in [0.25, 0.3) is 0 Å². The van der Waals surface area contributed by atoms with E-state index in [1.54, 1.807) is 12.1 Å². The molecule has 0 unspecified atom stereocenters. The highest BCUT2D eigenvalue weighted by Gasteiger charge is 2.14. The van der Waals surface area contributed by atoms with Crippen molar-refractivity contribution in [1.82, 2.24) is 5.32 Å². The first-order valence-electron chi connectivity index (χ1n) is 6.79. The predicted molar refractivity (Wildman–Crippen MR) is 81.1 cm³/mol. The molecule has 0 aliphatic rings. The number of furan rings is 1. The fraction of sp³-hybridized carbons (Fsp3) is 0.250. The second-order valence-corrected chi connectivity index (χ2v) is 4.76. The van der Waals surface area contributed by atoms with Gasteiger partial charge in [0, 0.05) is 11.1 Å². The minimum Gasteiger partial charge on any atom is -0.496 e. The van der Waals surface area contributed by atoms with Crippen LogP contribution in [0.2, 0.25) is 0 Å². The maximum absolute atomic E-state index is 12.2. The van der Waals surface area contributed by atoms with Crippen LogP contribution in [0, 0.1) is 6.92 Å². The molecule has 0 fully saturated rings. The molecule has 0 aliphatic heterocycles. The summed E-state index contributed by atoms with van der Waals surface area (Å²) in [5.74, 6) is -0.249. The fourth-order valence-corrected chi connectivity index (χ4v) is 2.07. The average molecular weight is 319 g/mol. The average Bonchev–Trinajstić information content (AvgIpc) is 3.02. The van der Waals surface area contributed by atoms with E-state index < -0.39 is 5.97 Å². The first-order valence-corrected chi connectivity index (χ1v) is 6.79. The number of ether oxygens (including phenoxy) is 2. The first kappa shape index (κ1) is 16.4. The number of amides is 1. The quantitative estimate of drug-likeness (QED) is 0.847. The molecule has 0 radical (unpaired) electrons. The van der Waals surface area contributed by atoms with Crippen LogP contribution in [0.15, 0.2) is 28.7 Å². The third kappa shape index (κ3) is 3.63. The molecule has 1 amide bonds. The van der Waals surface area contributed by atoms with E-state index in [9.17, 15) is 9.59 Å². The summed E-state index contributed by atoms with van der Waals surface area (Å²) in [6, 6.07) is 6.05. The summed E-state index contributed by atoms with van der Waals surface area (Å²) in [7, 11) is 3.03. The van der Waals surface area contributed by atoms with Crippen LogP contribution < -0.4 is 14.8 Å². The standard InChI is InChI=1S/C16H17NO6/c1-9-13(21-2)6-10(7-14(9)22-3)15(18)17-8-11-4-5-12(23-11)16(19)20/h4-7H,8H2,1-3H3,(H,17,18)(H,19,20). The van der Waals surface area contributed by atoms with Crippen molar-refractivity contribution in [1.29, 1.82) is 0 Å². The number of carbonyl (C=O) groups is 2. The summed E-state index contributed by atoms with van der Waals surface area (Å²) < 4.78 is 15.5. The van der Waals surface area contributed by atoms with Crippen LogP contribution in [0.3, 0.4) is 0 Å². The number of nitrogens with one attached hydrogen (secondary N) is 1. The van der Waals surface area contributed by atoms with E-state index in [2.05, 4.69) is 5.32 Å². The molecule has 23 heavy (non-hydrogen) atoms. The lowest BCUT2D eigenvalue weighted by atomic mass is 10.1. The molecule has 0 saturated carbocycles. The molecule has 0 spiro atoms. The zero-order valence-corrected chi connectivity index (χ0v) is 13.0. The Kier molecular flexibility index (Phi) is 4.90. The van der Waals surface area contributed by atoms with Gasteiger partial charge in [0.05, 0.1) is 20.8 Å². The van der Waals surface area contributed by atoms with Gasteiger partial charge in [0.15, 0.2) is 0 Å². The number of aromatic carboxylic acids is 1. The maximum atomic E-state index is 12.2. The molecule has 0 aliphatic carbocycles. The van der Waals surface area contributed by atoms with Crippen LogP contribution >= 0.6 is 0 Å². The summed E-state index contributed by atoms with van der Waals surface area (Å²) in [4.78, 5) is 23.0. The zero-order chi connectivity index (χ0) is 17.0. The van der Waals surface area contributed by atoms with Crippen LogP contribution in [-0.2, 0) is 6.54 Å². The third-order valence-electron chi connectivity index (χ3n) is 3.31. The summed E-state index contributed by atoms with van der Waals surface area (Å²) in [6.07, 6.45) is 0. The number of carbonyl (C=O) groups excluding carboxylic acids is 1. The summed E-state index contributed by atoms with van der Waals surface area (Å²) in [5, 5.41) is 11.4. The number of benzene rings is 1. The Balaban J connectivity index is 2.12. The van der Waals surface area contributed by atoms with E-state index in [1.165, 1.54) is 26.4 Å². The number of hydrogen-bond donors (Lipinski definition) is 2. The normalized spacial score (nSPS) is 10.2. The van der Waals surface area contributed by atoms with Gasteiger partial charge < -0.3 is 24.3 Å². The highest BCUT2D eigenvalue weighted by Crippen LogP contribution is 2.29. The highest BCUT2D eigenvalue weighted by molar-refractivity contribution is 5.95. The van der Waals surface area contributed by atoms with Crippen molar-refractivity contribution in [3.8, 4) is 11.5 Å². The second kappa shape index (κ2) is 6.87. The molecule has 1 aromatic heterocycles. The predicted octanol–water partition coefficient (Wildman–Crippen LogP) is 2.23. The van der Waals surface area contributed by atoms with Gasteiger partial charge in [0.2, 0.25) is 5.76 Å². The molecule has 7 heteroatoms. The van der Waals surface area contributed by atoms with Crippen molar-refractivity contribution in [2.75, 3.05) is 14.2 Å². The van der Waals surface area contributed by atoms with E-state index in [4.69, 9.17) is 19.0 Å². The van der Waals surface area contributed by atoms with Crippen LogP contribution in [0.1, 0.15) is 32.2 Å². The molecule has 1 heterocycles. The second-order valence-electron chi connectivity index (χ2n) is 4.76. The van der Waals surface area contributed by atoms with Crippen LogP contribution in [0.4, 0.5) is 0 Å². The van der Waals surface area contributed by atoms with Gasteiger partial charge in [-0.3, -0.25) is 4.79 Å². The van der Waals surface area contributed by atoms with Gasteiger partial charge in [0.1, 0.15) is 17.3 Å². The van der Waals surface area contributed by atoms with E-state index in [-0.39, 0.29) is 18.2 Å². The Hall–Kier alpha value is -2.96. The number of carboxylic acids is 1. The van der Waals surface area contributed by atoms with Crippen LogP contribution in [-0.4, -0.2) is 31.2 Å². The molecule has 2 rings (SSSR count). The van der Waals surface area contributed by atoms with Crippen molar-refractivity contribution in [2.24, 2.45) is 0 Å². The Bertz CT molecular complexity index is 709. The number of rotatable bonds is 6. The van der Waals surface area contributed by atoms with Gasteiger partial charge in [-0.1, -0.05) is 0 Å². The van der Waals surface area contributed by atoms with E-state index in [0.29, 0.717) is 22.8 Å². The minimum atomic E-state index is -1.16. The first-order chi connectivity index (χ1) is 11.0. The molecule has 122 valence electrons. The highest BCUT2D eigenvalue weighted by atomic mass is 16.5. The lowest BCUT2D eigenvalue weighted by molar-refractivity contribution is 0.0660. The van der Waals surface area contributed by atoms with E-state index >= 15 is 0 Å². The van der Waals surface area contributed by atoms with Gasteiger partial charge in [-0.2, -0.15) is 0 Å². The van der Waals surface area contributed by atoms with Gasteiger partial charge in [-0.05, 0) is 31.2 Å². The summed E-state index contributed by atoms with van der Waals surface area (Å²) in [5.41, 5.74) is 1.16. The van der Waals surface area contributed by atoms with E-state index in [1.807, 2.05) is 6.92 Å².